The summed E-state index contributed by atoms with van der Waals surface area (Å²) in [6, 6.07) is 27.4. The Bertz CT molecular complexity index is 1570. The molecule has 0 N–H and O–H groups in total. The molecule has 0 fully saturated rings. The Morgan fingerprint density at radius 2 is 1.00 bits per heavy atom. The van der Waals surface area contributed by atoms with Crippen molar-refractivity contribution in [1.29, 1.82) is 0 Å². The molecule has 0 saturated carbocycles. The highest BCUT2D eigenvalue weighted by atomic mass is 15.0. The van der Waals surface area contributed by atoms with Crippen LogP contribution in [-0.4, -0.2) is 0 Å². The molecule has 2 aliphatic heterocycles. The van der Waals surface area contributed by atoms with Crippen LogP contribution in [0.15, 0.2) is 72.8 Å². The van der Waals surface area contributed by atoms with Gasteiger partial charge in [0.25, 0.3) is 0 Å². The fraction of sp³-hybridized carbons (Fsp3) is 0.333. The predicted octanol–water partition coefficient (Wildman–Crippen LogP) is 7.70. The van der Waals surface area contributed by atoms with Gasteiger partial charge in [0.2, 0.25) is 22.4 Å². The first-order valence-electron chi connectivity index (χ1n) is 14.8. The molecule has 0 bridgehead atoms. The SMILES string of the molecule is CCCCc1c(CCCC)c2c(c3c1-c1ccc4ccccc4[n+]1CC3)CC[n+]1c-2ccc2ccccc21. The van der Waals surface area contributed by atoms with Crippen molar-refractivity contribution in [2.45, 2.75) is 78.3 Å². The van der Waals surface area contributed by atoms with Crippen LogP contribution in [0.3, 0.4) is 0 Å². The van der Waals surface area contributed by atoms with Gasteiger partial charge in [-0.25, -0.2) is 0 Å². The quantitative estimate of drug-likeness (QED) is 0.212. The van der Waals surface area contributed by atoms with E-state index in [0.29, 0.717) is 0 Å². The maximum Gasteiger partial charge on any atom is 0.213 e. The summed E-state index contributed by atoms with van der Waals surface area (Å²) in [4.78, 5) is 0. The molecule has 2 nitrogen and oxygen atoms in total. The van der Waals surface area contributed by atoms with E-state index in [2.05, 4.69) is 95.8 Å². The van der Waals surface area contributed by atoms with Crippen LogP contribution >= 0.6 is 0 Å². The maximum atomic E-state index is 2.61. The Hall–Kier alpha value is -3.52. The van der Waals surface area contributed by atoms with Crippen molar-refractivity contribution in [2.75, 3.05) is 0 Å². The number of hydrogen-bond acceptors (Lipinski definition) is 0. The summed E-state index contributed by atoms with van der Waals surface area (Å²) >= 11 is 0. The summed E-state index contributed by atoms with van der Waals surface area (Å²) in [5, 5.41) is 2.69. The van der Waals surface area contributed by atoms with Gasteiger partial charge in [-0.05, 0) is 72.2 Å². The van der Waals surface area contributed by atoms with E-state index in [1.54, 1.807) is 33.4 Å². The van der Waals surface area contributed by atoms with E-state index in [9.17, 15) is 0 Å². The summed E-state index contributed by atoms with van der Waals surface area (Å²) in [7, 11) is 0. The molecule has 0 saturated heterocycles. The first-order valence-corrected chi connectivity index (χ1v) is 14.8. The fourth-order valence-electron chi connectivity index (χ4n) is 7.29. The molecule has 0 atom stereocenters. The van der Waals surface area contributed by atoms with Gasteiger partial charge in [0.1, 0.15) is 0 Å². The van der Waals surface area contributed by atoms with E-state index in [0.717, 1.165) is 25.9 Å². The standard InChI is InChI=1S/C36H38N2/c1-3-5-13-27-28(14-6-4-2)36-30(22-24-38-32-16-10-8-12-26(32)18-20-34(36)38)29-21-23-37-31-15-9-7-11-25(31)17-19-33(37)35(27)29/h7-12,15-20H,3-6,13-14,21-24H2,1-2H3/q+2. The van der Waals surface area contributed by atoms with E-state index < -0.39 is 0 Å². The average Bonchev–Trinajstić information content (AvgIpc) is 2.98. The van der Waals surface area contributed by atoms with E-state index in [1.807, 2.05) is 0 Å². The number of nitrogens with zero attached hydrogens (tertiary/aromatic N) is 2. The number of aryl methyl sites for hydroxylation is 2. The third-order valence-electron chi connectivity index (χ3n) is 9.06. The first kappa shape index (κ1) is 23.6. The summed E-state index contributed by atoms with van der Waals surface area (Å²) in [5.74, 6) is 0. The van der Waals surface area contributed by atoms with Crippen molar-refractivity contribution in [2.24, 2.45) is 0 Å². The molecule has 2 aliphatic rings. The number of fused-ring (bicyclic) bond motifs is 11. The molecule has 0 unspecified atom stereocenters. The molecule has 0 radical (unpaired) electrons. The second-order valence-electron chi connectivity index (χ2n) is 11.2. The zero-order valence-electron chi connectivity index (χ0n) is 22.9. The molecule has 0 spiro atoms. The summed E-state index contributed by atoms with van der Waals surface area (Å²) in [6.07, 6.45) is 9.55. The molecule has 38 heavy (non-hydrogen) atoms. The first-order chi connectivity index (χ1) is 18.8. The highest BCUT2D eigenvalue weighted by molar-refractivity contribution is 5.85. The molecule has 5 aromatic rings. The van der Waals surface area contributed by atoms with E-state index in [-0.39, 0.29) is 0 Å². The molecule has 0 aliphatic carbocycles. The Labute approximate surface area is 226 Å². The Morgan fingerprint density at radius 3 is 1.45 bits per heavy atom. The van der Waals surface area contributed by atoms with Gasteiger partial charge in [-0.15, -0.1) is 0 Å². The van der Waals surface area contributed by atoms with Gasteiger partial charge in [0.15, 0.2) is 13.1 Å². The zero-order valence-corrected chi connectivity index (χ0v) is 22.9. The van der Waals surface area contributed by atoms with E-state index in [4.69, 9.17) is 0 Å². The highest BCUT2D eigenvalue weighted by Gasteiger charge is 2.37. The molecule has 2 heteroatoms. The van der Waals surface area contributed by atoms with Gasteiger partial charge in [0.05, 0.1) is 11.1 Å². The minimum atomic E-state index is 1.06. The van der Waals surface area contributed by atoms with Crippen molar-refractivity contribution in [1.82, 2.24) is 0 Å². The minimum absolute atomic E-state index is 1.06. The van der Waals surface area contributed by atoms with Crippen LogP contribution in [-0.2, 0) is 38.8 Å². The Balaban J connectivity index is 1.56. The van der Waals surface area contributed by atoms with Crippen LogP contribution in [0, 0.1) is 0 Å². The van der Waals surface area contributed by atoms with Gasteiger partial charge in [0, 0.05) is 47.9 Å². The number of pyridine rings is 2. The van der Waals surface area contributed by atoms with Crippen molar-refractivity contribution >= 4 is 21.8 Å². The van der Waals surface area contributed by atoms with Gasteiger partial charge in [-0.3, -0.25) is 0 Å². The Kier molecular flexibility index (Phi) is 5.99. The highest BCUT2D eigenvalue weighted by Crippen LogP contribution is 2.44. The van der Waals surface area contributed by atoms with Gasteiger partial charge >= 0.3 is 0 Å². The third kappa shape index (κ3) is 3.61. The number of hydrogen-bond donors (Lipinski definition) is 0. The molecular weight excluding hydrogens is 460 g/mol. The van der Waals surface area contributed by atoms with Crippen LogP contribution in [0.5, 0.6) is 0 Å². The molecule has 0 amide bonds. The van der Waals surface area contributed by atoms with Crippen molar-refractivity contribution < 1.29 is 9.13 Å². The molecule has 4 heterocycles. The Morgan fingerprint density at radius 1 is 0.553 bits per heavy atom. The van der Waals surface area contributed by atoms with Crippen molar-refractivity contribution in [3.05, 3.63) is 95.1 Å². The van der Waals surface area contributed by atoms with E-state index in [1.165, 1.54) is 71.7 Å². The van der Waals surface area contributed by atoms with Crippen LogP contribution < -0.4 is 9.13 Å². The van der Waals surface area contributed by atoms with Gasteiger partial charge in [-0.2, -0.15) is 9.13 Å². The zero-order chi connectivity index (χ0) is 25.6. The second-order valence-corrected chi connectivity index (χ2v) is 11.2. The molecule has 3 aromatic carbocycles. The number of benzene rings is 3. The molecule has 7 rings (SSSR count). The molecule has 2 aromatic heterocycles. The summed E-state index contributed by atoms with van der Waals surface area (Å²) in [5.41, 5.74) is 15.3. The number of para-hydroxylation sites is 2. The average molecular weight is 499 g/mol. The number of rotatable bonds is 6. The van der Waals surface area contributed by atoms with Crippen LogP contribution in [0.1, 0.15) is 61.8 Å². The number of aromatic nitrogens is 2. The lowest BCUT2D eigenvalue weighted by molar-refractivity contribution is -0.663. The number of unbranched alkanes of at least 4 members (excludes halogenated alkanes) is 2. The maximum absolute atomic E-state index is 2.61. The molecular formula is C36H38N2+2. The third-order valence-corrected chi connectivity index (χ3v) is 9.06. The summed E-state index contributed by atoms with van der Waals surface area (Å²) in [6.45, 7) is 6.80. The fourth-order valence-corrected chi connectivity index (χ4v) is 7.29. The minimum Gasteiger partial charge on any atom is -0.191 e. The lowest BCUT2D eigenvalue weighted by Gasteiger charge is -2.29. The van der Waals surface area contributed by atoms with Gasteiger partial charge in [-0.1, -0.05) is 51.0 Å². The monoisotopic (exact) mass is 498 g/mol. The second kappa shape index (κ2) is 9.66. The molecule has 190 valence electrons. The lowest BCUT2D eigenvalue weighted by atomic mass is 9.76. The predicted molar refractivity (Wildman–Crippen MR) is 157 cm³/mol. The normalized spacial score (nSPS) is 13.7. The lowest BCUT2D eigenvalue weighted by Crippen LogP contribution is -2.44. The van der Waals surface area contributed by atoms with Crippen LogP contribution in [0.4, 0.5) is 0 Å². The van der Waals surface area contributed by atoms with Crippen LogP contribution in [0.2, 0.25) is 0 Å². The summed E-state index contributed by atoms with van der Waals surface area (Å²) < 4.78 is 5.23. The van der Waals surface area contributed by atoms with Crippen LogP contribution in [0.25, 0.3) is 44.3 Å². The van der Waals surface area contributed by atoms with Crippen molar-refractivity contribution in [3.8, 4) is 22.5 Å². The van der Waals surface area contributed by atoms with Crippen molar-refractivity contribution in [3.63, 3.8) is 0 Å². The smallest absolute Gasteiger partial charge is 0.191 e. The van der Waals surface area contributed by atoms with E-state index >= 15 is 0 Å². The topological polar surface area (TPSA) is 7.76 Å². The van der Waals surface area contributed by atoms with Gasteiger partial charge < -0.3 is 0 Å². The largest absolute Gasteiger partial charge is 0.213 e.